The second-order valence-corrected chi connectivity index (χ2v) is 12.8. The quantitative estimate of drug-likeness (QED) is 0.351. The SMILES string of the molecule is CC1(CO)C(O)CCC2(C)C(CC(=O)NCc3ccccc3)c3nc(NC(=O)c4cccs4)sc3CC12. The molecule has 1 aromatic carbocycles. The number of thiazole rings is 1. The van der Waals surface area contributed by atoms with Crippen LogP contribution in [-0.2, 0) is 17.8 Å². The summed E-state index contributed by atoms with van der Waals surface area (Å²) in [7, 11) is 0. The third-order valence-electron chi connectivity index (χ3n) is 8.58. The van der Waals surface area contributed by atoms with Gasteiger partial charge in [0.1, 0.15) is 0 Å². The molecule has 37 heavy (non-hydrogen) atoms. The standard InChI is InChI=1S/C28H33N3O4S2/c1-27-11-10-22(33)28(2,16-32)21(27)14-20-24(30-26(37-20)31-25(35)19-9-6-12-36-19)18(27)13-23(34)29-15-17-7-4-3-5-8-17/h3-9,12,18,21-22,32-33H,10-11,13-16H2,1-2H3,(H,29,34)(H,30,31,35). The molecule has 3 aromatic rings. The Kier molecular flexibility index (Phi) is 7.24. The average molecular weight is 540 g/mol. The van der Waals surface area contributed by atoms with Gasteiger partial charge in [-0.3, -0.25) is 14.9 Å². The molecule has 1 fully saturated rings. The van der Waals surface area contributed by atoms with E-state index in [1.807, 2.05) is 48.7 Å². The number of aromatic nitrogens is 1. The first-order valence-corrected chi connectivity index (χ1v) is 14.4. The Balaban J connectivity index is 1.45. The average Bonchev–Trinajstić information content (AvgIpc) is 3.57. The van der Waals surface area contributed by atoms with Crippen molar-refractivity contribution in [2.24, 2.45) is 16.7 Å². The number of anilines is 1. The summed E-state index contributed by atoms with van der Waals surface area (Å²) in [6, 6.07) is 13.4. The van der Waals surface area contributed by atoms with Gasteiger partial charge in [-0.2, -0.15) is 0 Å². The minimum absolute atomic E-state index is 0.0329. The van der Waals surface area contributed by atoms with E-state index in [-0.39, 0.29) is 42.1 Å². The first-order valence-electron chi connectivity index (χ1n) is 12.7. The number of amides is 2. The summed E-state index contributed by atoms with van der Waals surface area (Å²) >= 11 is 2.81. The van der Waals surface area contributed by atoms with Crippen molar-refractivity contribution in [2.45, 2.75) is 58.1 Å². The molecule has 5 atom stereocenters. The Bertz CT molecular complexity index is 1260. The third-order valence-corrected chi connectivity index (χ3v) is 10.5. The van der Waals surface area contributed by atoms with Crippen LogP contribution in [0.15, 0.2) is 47.8 Å². The van der Waals surface area contributed by atoms with Gasteiger partial charge in [-0.15, -0.1) is 22.7 Å². The first-order chi connectivity index (χ1) is 17.7. The molecule has 0 aliphatic heterocycles. The number of carbonyl (C=O) groups is 2. The molecule has 0 spiro atoms. The summed E-state index contributed by atoms with van der Waals surface area (Å²) in [5.41, 5.74) is 0.868. The van der Waals surface area contributed by atoms with E-state index < -0.39 is 11.5 Å². The van der Waals surface area contributed by atoms with Gasteiger partial charge in [0, 0.05) is 29.2 Å². The Labute approximate surface area is 225 Å². The van der Waals surface area contributed by atoms with Gasteiger partial charge in [0.15, 0.2) is 5.13 Å². The van der Waals surface area contributed by atoms with Gasteiger partial charge in [0.05, 0.1) is 23.3 Å². The summed E-state index contributed by atoms with van der Waals surface area (Å²) in [5, 5.41) is 29.7. The third kappa shape index (κ3) is 4.85. The highest BCUT2D eigenvalue weighted by Gasteiger charge is 2.59. The molecule has 0 saturated heterocycles. The van der Waals surface area contributed by atoms with Crippen LogP contribution < -0.4 is 10.6 Å². The van der Waals surface area contributed by atoms with Gasteiger partial charge in [-0.1, -0.05) is 50.2 Å². The molecule has 0 bridgehead atoms. The van der Waals surface area contributed by atoms with E-state index in [2.05, 4.69) is 17.6 Å². The van der Waals surface area contributed by atoms with E-state index in [0.29, 0.717) is 29.4 Å². The van der Waals surface area contributed by atoms with Crippen molar-refractivity contribution < 1.29 is 19.8 Å². The van der Waals surface area contributed by atoms with Crippen LogP contribution >= 0.6 is 22.7 Å². The number of benzene rings is 1. The zero-order chi connectivity index (χ0) is 26.2. The van der Waals surface area contributed by atoms with Crippen LogP contribution in [0.5, 0.6) is 0 Å². The number of nitrogens with zero attached hydrogens (tertiary/aromatic N) is 1. The number of aliphatic hydroxyl groups is 2. The zero-order valence-corrected chi connectivity index (χ0v) is 22.7. The largest absolute Gasteiger partial charge is 0.396 e. The van der Waals surface area contributed by atoms with Gasteiger partial charge < -0.3 is 15.5 Å². The maximum atomic E-state index is 13.2. The van der Waals surface area contributed by atoms with Crippen LogP contribution in [0.4, 0.5) is 5.13 Å². The van der Waals surface area contributed by atoms with Gasteiger partial charge in [0.2, 0.25) is 5.91 Å². The van der Waals surface area contributed by atoms with Crippen molar-refractivity contribution in [2.75, 3.05) is 11.9 Å². The number of aliphatic hydroxyl groups excluding tert-OH is 2. The summed E-state index contributed by atoms with van der Waals surface area (Å²) in [5.74, 6) is -0.485. The van der Waals surface area contributed by atoms with E-state index in [1.54, 1.807) is 6.07 Å². The van der Waals surface area contributed by atoms with Gasteiger partial charge in [-0.25, -0.2) is 4.98 Å². The first kappa shape index (κ1) is 26.0. The Morgan fingerprint density at radius 3 is 2.65 bits per heavy atom. The van der Waals surface area contributed by atoms with Gasteiger partial charge >= 0.3 is 0 Å². The molecule has 2 aliphatic rings. The Morgan fingerprint density at radius 1 is 1.16 bits per heavy atom. The fraction of sp³-hybridized carbons (Fsp3) is 0.464. The predicted octanol–water partition coefficient (Wildman–Crippen LogP) is 4.58. The van der Waals surface area contributed by atoms with Crippen molar-refractivity contribution in [1.82, 2.24) is 10.3 Å². The van der Waals surface area contributed by atoms with Crippen LogP contribution in [0, 0.1) is 16.7 Å². The normalized spacial score (nSPS) is 28.7. The minimum atomic E-state index is -0.687. The Morgan fingerprint density at radius 2 is 1.95 bits per heavy atom. The number of nitrogens with one attached hydrogen (secondary N) is 2. The Hall–Kier alpha value is -2.59. The van der Waals surface area contributed by atoms with Gasteiger partial charge in [-0.05, 0) is 47.6 Å². The van der Waals surface area contributed by atoms with Crippen LogP contribution in [0.1, 0.15) is 64.8 Å². The van der Waals surface area contributed by atoms with Crippen molar-refractivity contribution in [3.63, 3.8) is 0 Å². The van der Waals surface area contributed by atoms with Crippen molar-refractivity contribution in [3.05, 3.63) is 68.9 Å². The second kappa shape index (κ2) is 10.3. The molecular weight excluding hydrogens is 506 g/mol. The number of carbonyl (C=O) groups excluding carboxylic acids is 2. The molecule has 0 radical (unpaired) electrons. The van der Waals surface area contributed by atoms with Gasteiger partial charge in [0.25, 0.3) is 5.91 Å². The minimum Gasteiger partial charge on any atom is -0.396 e. The predicted molar refractivity (Wildman–Crippen MR) is 146 cm³/mol. The fourth-order valence-electron chi connectivity index (χ4n) is 6.32. The summed E-state index contributed by atoms with van der Waals surface area (Å²) in [6.07, 6.45) is 1.59. The van der Waals surface area contributed by atoms with Crippen LogP contribution in [0.3, 0.4) is 0 Å². The molecule has 196 valence electrons. The highest BCUT2D eigenvalue weighted by atomic mass is 32.1. The molecule has 2 amide bonds. The lowest BCUT2D eigenvalue weighted by molar-refractivity contribution is -0.144. The molecule has 5 rings (SSSR count). The molecular formula is C28H33N3O4S2. The van der Waals surface area contributed by atoms with E-state index in [1.165, 1.54) is 22.7 Å². The number of fused-ring (bicyclic) bond motifs is 2. The van der Waals surface area contributed by atoms with Crippen molar-refractivity contribution in [1.29, 1.82) is 0 Å². The number of hydrogen-bond acceptors (Lipinski definition) is 7. The lowest BCUT2D eigenvalue weighted by Gasteiger charge is -2.58. The molecule has 1 saturated carbocycles. The van der Waals surface area contributed by atoms with Crippen molar-refractivity contribution >= 4 is 39.6 Å². The maximum Gasteiger partial charge on any atom is 0.267 e. The molecule has 2 heterocycles. The monoisotopic (exact) mass is 539 g/mol. The van der Waals surface area contributed by atoms with Crippen LogP contribution in [-0.4, -0.2) is 39.7 Å². The van der Waals surface area contributed by atoms with Crippen LogP contribution in [0.25, 0.3) is 0 Å². The lowest BCUT2D eigenvalue weighted by Crippen LogP contribution is -2.57. The summed E-state index contributed by atoms with van der Waals surface area (Å²) in [4.78, 5) is 32.4. The molecule has 9 heteroatoms. The summed E-state index contributed by atoms with van der Waals surface area (Å²) < 4.78 is 0. The van der Waals surface area contributed by atoms with E-state index in [9.17, 15) is 19.8 Å². The number of rotatable bonds is 7. The van der Waals surface area contributed by atoms with Crippen molar-refractivity contribution in [3.8, 4) is 0 Å². The molecule has 2 aliphatic carbocycles. The zero-order valence-electron chi connectivity index (χ0n) is 21.1. The van der Waals surface area contributed by atoms with E-state index in [0.717, 1.165) is 22.6 Å². The lowest BCUT2D eigenvalue weighted by atomic mass is 9.47. The maximum absolute atomic E-state index is 13.2. The number of hydrogen-bond donors (Lipinski definition) is 4. The molecule has 4 N–H and O–H groups in total. The summed E-state index contributed by atoms with van der Waals surface area (Å²) in [6.45, 7) is 4.46. The van der Waals surface area contributed by atoms with E-state index in [4.69, 9.17) is 4.98 Å². The smallest absolute Gasteiger partial charge is 0.267 e. The second-order valence-electron chi connectivity index (χ2n) is 10.8. The molecule has 2 aromatic heterocycles. The highest BCUT2D eigenvalue weighted by Crippen LogP contribution is 2.62. The molecule has 5 unspecified atom stereocenters. The van der Waals surface area contributed by atoms with Crippen LogP contribution in [0.2, 0.25) is 0 Å². The van der Waals surface area contributed by atoms with E-state index >= 15 is 0 Å². The molecule has 7 nitrogen and oxygen atoms in total. The highest BCUT2D eigenvalue weighted by molar-refractivity contribution is 7.16. The fourth-order valence-corrected chi connectivity index (χ4v) is 8.00. The topological polar surface area (TPSA) is 112 Å². The number of thiophene rings is 1.